The summed E-state index contributed by atoms with van der Waals surface area (Å²) in [4.78, 5) is 24.2. The van der Waals surface area contributed by atoms with Gasteiger partial charge in [-0.3, -0.25) is 9.59 Å². The van der Waals surface area contributed by atoms with E-state index in [2.05, 4.69) is 10.4 Å². The molecule has 140 valence electrons. The normalized spacial score (nSPS) is 11.9. The van der Waals surface area contributed by atoms with E-state index in [1.54, 1.807) is 31.0 Å². The summed E-state index contributed by atoms with van der Waals surface area (Å²) >= 11 is 0. The lowest BCUT2D eigenvalue weighted by Crippen LogP contribution is -2.31. The summed E-state index contributed by atoms with van der Waals surface area (Å²) in [7, 11) is 1.60. The summed E-state index contributed by atoms with van der Waals surface area (Å²) in [6, 6.07) is 9.30. The Bertz CT molecular complexity index is 737. The molecular weight excluding hydrogens is 334 g/mol. The molecule has 1 aromatic carbocycles. The van der Waals surface area contributed by atoms with E-state index in [0.29, 0.717) is 12.2 Å². The maximum Gasteiger partial charge on any atom is 0.306 e. The van der Waals surface area contributed by atoms with Gasteiger partial charge in [0.2, 0.25) is 0 Å². The average Bonchev–Trinajstić information content (AvgIpc) is 3.08. The van der Waals surface area contributed by atoms with Crippen molar-refractivity contribution in [2.24, 2.45) is 0 Å². The molecule has 0 aliphatic rings. The monoisotopic (exact) mass is 359 g/mol. The van der Waals surface area contributed by atoms with Gasteiger partial charge in [0.25, 0.3) is 5.91 Å². The Labute approximate surface area is 153 Å². The van der Waals surface area contributed by atoms with Crippen molar-refractivity contribution in [1.29, 1.82) is 0 Å². The van der Waals surface area contributed by atoms with Crippen molar-refractivity contribution in [2.45, 2.75) is 45.8 Å². The van der Waals surface area contributed by atoms with Crippen LogP contribution in [0.3, 0.4) is 0 Å². The highest BCUT2D eigenvalue weighted by atomic mass is 16.5. The third-order valence-electron chi connectivity index (χ3n) is 3.87. The van der Waals surface area contributed by atoms with Crippen LogP contribution in [0, 0.1) is 0 Å². The van der Waals surface area contributed by atoms with E-state index in [4.69, 9.17) is 9.47 Å². The minimum absolute atomic E-state index is 0.114. The van der Waals surface area contributed by atoms with E-state index in [9.17, 15) is 9.59 Å². The Hall–Kier alpha value is -2.83. The minimum atomic E-state index is -0.881. The van der Waals surface area contributed by atoms with Crippen molar-refractivity contribution in [3.05, 3.63) is 42.1 Å². The lowest BCUT2D eigenvalue weighted by molar-refractivity contribution is -0.153. The fourth-order valence-electron chi connectivity index (χ4n) is 2.40. The first-order valence-electron chi connectivity index (χ1n) is 8.57. The van der Waals surface area contributed by atoms with Crippen LogP contribution in [0.15, 0.2) is 36.5 Å². The van der Waals surface area contributed by atoms with Crippen LogP contribution in [0.1, 0.15) is 38.8 Å². The average molecular weight is 359 g/mol. The SMILES string of the molecule is COc1ccc(CCC(=O)O[C@H](C)C(=O)Nc2ccnn2C(C)C)cc1. The van der Waals surface area contributed by atoms with Gasteiger partial charge in [-0.25, -0.2) is 4.68 Å². The molecule has 0 radical (unpaired) electrons. The Balaban J connectivity index is 1.81. The predicted molar refractivity (Wildman–Crippen MR) is 98.1 cm³/mol. The van der Waals surface area contributed by atoms with Crippen molar-refractivity contribution < 1.29 is 19.1 Å². The van der Waals surface area contributed by atoms with Gasteiger partial charge in [0.1, 0.15) is 11.6 Å². The number of anilines is 1. The number of amides is 1. The van der Waals surface area contributed by atoms with Gasteiger partial charge in [0, 0.05) is 18.5 Å². The first kappa shape index (κ1) is 19.5. The second-order valence-electron chi connectivity index (χ2n) is 6.22. The first-order valence-corrected chi connectivity index (χ1v) is 8.57. The number of carbonyl (C=O) groups is 2. The molecule has 0 fully saturated rings. The molecule has 7 nitrogen and oxygen atoms in total. The number of aromatic nitrogens is 2. The number of methoxy groups -OCH3 is 1. The molecule has 7 heteroatoms. The molecule has 1 atom stereocenters. The van der Waals surface area contributed by atoms with Crippen LogP contribution >= 0.6 is 0 Å². The van der Waals surface area contributed by atoms with Crippen LogP contribution in [0.4, 0.5) is 5.82 Å². The zero-order valence-corrected chi connectivity index (χ0v) is 15.6. The molecule has 0 saturated carbocycles. The number of hydrogen-bond donors (Lipinski definition) is 1. The molecule has 1 amide bonds. The predicted octanol–water partition coefficient (Wildman–Crippen LogP) is 2.98. The zero-order valence-electron chi connectivity index (χ0n) is 15.6. The highest BCUT2D eigenvalue weighted by Gasteiger charge is 2.19. The Kier molecular flexibility index (Phi) is 6.77. The quantitative estimate of drug-likeness (QED) is 0.733. The number of carbonyl (C=O) groups excluding carboxylic acids is 2. The number of aryl methyl sites for hydroxylation is 1. The largest absolute Gasteiger partial charge is 0.497 e. The van der Waals surface area contributed by atoms with Gasteiger partial charge >= 0.3 is 5.97 Å². The summed E-state index contributed by atoms with van der Waals surface area (Å²) in [5, 5.41) is 6.88. The summed E-state index contributed by atoms with van der Waals surface area (Å²) in [6.07, 6.45) is 1.47. The molecule has 1 aromatic heterocycles. The van der Waals surface area contributed by atoms with Crippen LogP contribution in [0.2, 0.25) is 0 Å². The molecule has 1 N–H and O–H groups in total. The fraction of sp³-hybridized carbons (Fsp3) is 0.421. The fourth-order valence-corrected chi connectivity index (χ4v) is 2.40. The van der Waals surface area contributed by atoms with Gasteiger partial charge in [-0.05, 0) is 44.9 Å². The summed E-state index contributed by atoms with van der Waals surface area (Å²) in [6.45, 7) is 5.48. The van der Waals surface area contributed by atoms with Crippen molar-refractivity contribution in [2.75, 3.05) is 12.4 Å². The van der Waals surface area contributed by atoms with Gasteiger partial charge in [-0.2, -0.15) is 5.10 Å². The second kappa shape index (κ2) is 9.03. The van der Waals surface area contributed by atoms with E-state index in [1.165, 1.54) is 0 Å². The summed E-state index contributed by atoms with van der Waals surface area (Å²) in [5.41, 5.74) is 1.00. The maximum atomic E-state index is 12.2. The Morgan fingerprint density at radius 3 is 2.46 bits per heavy atom. The number of esters is 1. The highest BCUT2D eigenvalue weighted by molar-refractivity contribution is 5.94. The number of rotatable bonds is 8. The zero-order chi connectivity index (χ0) is 19.1. The van der Waals surface area contributed by atoms with E-state index >= 15 is 0 Å². The Morgan fingerprint density at radius 1 is 1.15 bits per heavy atom. The van der Waals surface area contributed by atoms with E-state index < -0.39 is 12.1 Å². The summed E-state index contributed by atoms with van der Waals surface area (Å²) < 4.78 is 12.0. The molecule has 0 aliphatic carbocycles. The van der Waals surface area contributed by atoms with E-state index in [-0.39, 0.29) is 18.4 Å². The van der Waals surface area contributed by atoms with E-state index in [1.807, 2.05) is 38.1 Å². The number of hydrogen-bond acceptors (Lipinski definition) is 5. The molecule has 0 unspecified atom stereocenters. The van der Waals surface area contributed by atoms with Gasteiger partial charge in [-0.15, -0.1) is 0 Å². The molecule has 2 aromatic rings. The second-order valence-corrected chi connectivity index (χ2v) is 6.22. The van der Waals surface area contributed by atoms with Gasteiger partial charge in [-0.1, -0.05) is 12.1 Å². The molecule has 0 saturated heterocycles. The summed E-state index contributed by atoms with van der Waals surface area (Å²) in [5.74, 6) is 0.541. The molecule has 1 heterocycles. The van der Waals surface area contributed by atoms with Crippen LogP contribution in [0.25, 0.3) is 0 Å². The molecule has 2 rings (SSSR count). The van der Waals surface area contributed by atoms with Gasteiger partial charge < -0.3 is 14.8 Å². The lowest BCUT2D eigenvalue weighted by Gasteiger charge is -2.15. The van der Waals surface area contributed by atoms with Crippen LogP contribution in [-0.2, 0) is 20.7 Å². The third kappa shape index (κ3) is 5.34. The highest BCUT2D eigenvalue weighted by Crippen LogP contribution is 2.15. The standard InChI is InChI=1S/C19H25N3O4/c1-13(2)22-17(11-12-20-22)21-19(24)14(3)26-18(23)10-7-15-5-8-16(25-4)9-6-15/h5-6,8-9,11-14H,7,10H2,1-4H3,(H,21,24)/t14-/m1/s1. The van der Waals surface area contributed by atoms with Gasteiger partial charge in [0.05, 0.1) is 13.3 Å². The molecule has 26 heavy (non-hydrogen) atoms. The van der Waals surface area contributed by atoms with Gasteiger partial charge in [0.15, 0.2) is 6.10 Å². The minimum Gasteiger partial charge on any atom is -0.497 e. The van der Waals surface area contributed by atoms with Crippen molar-refractivity contribution in [3.63, 3.8) is 0 Å². The molecular formula is C19H25N3O4. The van der Waals surface area contributed by atoms with Crippen molar-refractivity contribution >= 4 is 17.7 Å². The number of nitrogens with one attached hydrogen (secondary N) is 1. The molecule has 0 bridgehead atoms. The maximum absolute atomic E-state index is 12.2. The molecule has 0 spiro atoms. The van der Waals surface area contributed by atoms with Crippen molar-refractivity contribution in [1.82, 2.24) is 9.78 Å². The van der Waals surface area contributed by atoms with E-state index in [0.717, 1.165) is 11.3 Å². The lowest BCUT2D eigenvalue weighted by atomic mass is 10.1. The third-order valence-corrected chi connectivity index (χ3v) is 3.87. The topological polar surface area (TPSA) is 82.4 Å². The first-order chi connectivity index (χ1) is 12.4. The molecule has 0 aliphatic heterocycles. The number of ether oxygens (including phenoxy) is 2. The van der Waals surface area contributed by atoms with Crippen LogP contribution in [0.5, 0.6) is 5.75 Å². The smallest absolute Gasteiger partial charge is 0.306 e. The van der Waals surface area contributed by atoms with Crippen LogP contribution < -0.4 is 10.1 Å². The number of nitrogens with zero attached hydrogens (tertiary/aromatic N) is 2. The Morgan fingerprint density at radius 2 is 1.85 bits per heavy atom. The van der Waals surface area contributed by atoms with Crippen LogP contribution in [-0.4, -0.2) is 34.9 Å². The van der Waals surface area contributed by atoms with Crippen molar-refractivity contribution in [3.8, 4) is 5.75 Å². The number of benzene rings is 1.